The first-order chi connectivity index (χ1) is 9.52. The van der Waals surface area contributed by atoms with Crippen molar-refractivity contribution in [3.63, 3.8) is 0 Å². The standard InChI is InChI=1S/C15H21N5/c1-5-13-18-14(16)10(2)15(19-13)17-11-8-6-7-9-12(11)20(3)4/h6-9H,5H2,1-4H3,(H3,16,17,18,19). The zero-order chi connectivity index (χ0) is 14.7. The number of nitrogens with one attached hydrogen (secondary N) is 1. The lowest BCUT2D eigenvalue weighted by molar-refractivity contribution is 0.940. The Hall–Kier alpha value is -2.30. The van der Waals surface area contributed by atoms with Gasteiger partial charge >= 0.3 is 0 Å². The molecule has 0 aliphatic rings. The SMILES string of the molecule is CCc1nc(N)c(C)c(Nc2ccccc2N(C)C)n1. The van der Waals surface area contributed by atoms with Crippen molar-refractivity contribution in [3.05, 3.63) is 35.7 Å². The van der Waals surface area contributed by atoms with Crippen LogP contribution in [0.2, 0.25) is 0 Å². The van der Waals surface area contributed by atoms with Gasteiger partial charge in [0.25, 0.3) is 0 Å². The van der Waals surface area contributed by atoms with Gasteiger partial charge < -0.3 is 16.0 Å². The second-order valence-electron chi connectivity index (χ2n) is 4.89. The smallest absolute Gasteiger partial charge is 0.139 e. The van der Waals surface area contributed by atoms with E-state index in [1.807, 2.05) is 46.1 Å². The number of nitrogen functional groups attached to an aromatic ring is 1. The van der Waals surface area contributed by atoms with Crippen LogP contribution < -0.4 is 16.0 Å². The topological polar surface area (TPSA) is 67.1 Å². The third-order valence-corrected chi connectivity index (χ3v) is 3.18. The van der Waals surface area contributed by atoms with Gasteiger partial charge in [0.15, 0.2) is 0 Å². The van der Waals surface area contributed by atoms with Crippen molar-refractivity contribution < 1.29 is 0 Å². The van der Waals surface area contributed by atoms with Crippen molar-refractivity contribution in [2.45, 2.75) is 20.3 Å². The fourth-order valence-electron chi connectivity index (χ4n) is 1.96. The molecule has 20 heavy (non-hydrogen) atoms. The number of rotatable bonds is 4. The molecule has 1 aromatic heterocycles. The van der Waals surface area contributed by atoms with Gasteiger partial charge in [-0.15, -0.1) is 0 Å². The van der Waals surface area contributed by atoms with E-state index in [2.05, 4.69) is 26.3 Å². The summed E-state index contributed by atoms with van der Waals surface area (Å²) in [6.45, 7) is 3.94. The highest BCUT2D eigenvalue weighted by atomic mass is 15.1. The van der Waals surface area contributed by atoms with Crippen LogP contribution in [0.5, 0.6) is 0 Å². The maximum absolute atomic E-state index is 5.95. The first-order valence-corrected chi connectivity index (χ1v) is 6.69. The minimum absolute atomic E-state index is 0.529. The summed E-state index contributed by atoms with van der Waals surface area (Å²) in [6, 6.07) is 8.09. The quantitative estimate of drug-likeness (QED) is 0.895. The molecule has 5 nitrogen and oxygen atoms in total. The fraction of sp³-hybridized carbons (Fsp3) is 0.333. The number of hydrogen-bond acceptors (Lipinski definition) is 5. The predicted molar refractivity (Wildman–Crippen MR) is 84.6 cm³/mol. The van der Waals surface area contributed by atoms with Gasteiger partial charge in [-0.05, 0) is 19.1 Å². The molecule has 0 fully saturated rings. The van der Waals surface area contributed by atoms with Crippen LogP contribution in [0.1, 0.15) is 18.3 Å². The Morgan fingerprint density at radius 2 is 1.90 bits per heavy atom. The third-order valence-electron chi connectivity index (χ3n) is 3.18. The van der Waals surface area contributed by atoms with Crippen molar-refractivity contribution in [2.24, 2.45) is 0 Å². The van der Waals surface area contributed by atoms with Crippen LogP contribution in [0.15, 0.2) is 24.3 Å². The molecule has 0 spiro atoms. The minimum atomic E-state index is 0.529. The zero-order valence-corrected chi connectivity index (χ0v) is 12.4. The first kappa shape index (κ1) is 14.1. The maximum atomic E-state index is 5.95. The van der Waals surface area contributed by atoms with E-state index in [1.54, 1.807) is 0 Å². The van der Waals surface area contributed by atoms with Crippen LogP contribution in [-0.4, -0.2) is 24.1 Å². The van der Waals surface area contributed by atoms with Gasteiger partial charge in [0.05, 0.1) is 11.4 Å². The highest BCUT2D eigenvalue weighted by molar-refractivity contribution is 5.75. The Morgan fingerprint density at radius 3 is 2.55 bits per heavy atom. The van der Waals surface area contributed by atoms with Crippen LogP contribution >= 0.6 is 0 Å². The molecule has 5 heteroatoms. The summed E-state index contributed by atoms with van der Waals surface area (Å²) in [5, 5.41) is 3.36. The van der Waals surface area contributed by atoms with E-state index in [9.17, 15) is 0 Å². The molecule has 0 atom stereocenters. The number of aryl methyl sites for hydroxylation is 1. The van der Waals surface area contributed by atoms with Gasteiger partial charge in [-0.25, -0.2) is 9.97 Å². The number of nitrogens with zero attached hydrogens (tertiary/aromatic N) is 3. The number of nitrogens with two attached hydrogens (primary N) is 1. The van der Waals surface area contributed by atoms with Crippen molar-refractivity contribution in [3.8, 4) is 0 Å². The summed E-state index contributed by atoms with van der Waals surface area (Å²) in [5.74, 6) is 2.04. The molecule has 2 aromatic rings. The largest absolute Gasteiger partial charge is 0.383 e. The monoisotopic (exact) mass is 271 g/mol. The highest BCUT2D eigenvalue weighted by Gasteiger charge is 2.10. The first-order valence-electron chi connectivity index (χ1n) is 6.69. The molecule has 0 aliphatic heterocycles. The van der Waals surface area contributed by atoms with E-state index in [4.69, 9.17) is 5.73 Å². The molecule has 0 unspecified atom stereocenters. The van der Waals surface area contributed by atoms with Crippen molar-refractivity contribution in [2.75, 3.05) is 30.0 Å². The molecule has 3 N–H and O–H groups in total. The highest BCUT2D eigenvalue weighted by Crippen LogP contribution is 2.28. The minimum Gasteiger partial charge on any atom is -0.383 e. The summed E-state index contributed by atoms with van der Waals surface area (Å²) >= 11 is 0. The third kappa shape index (κ3) is 2.82. The summed E-state index contributed by atoms with van der Waals surface area (Å²) < 4.78 is 0. The Labute approximate surface area is 119 Å². The Morgan fingerprint density at radius 1 is 1.20 bits per heavy atom. The van der Waals surface area contributed by atoms with Crippen LogP contribution in [0.3, 0.4) is 0 Å². The van der Waals surface area contributed by atoms with E-state index in [0.717, 1.165) is 35.0 Å². The molecule has 1 aromatic carbocycles. The molecule has 2 rings (SSSR count). The molecule has 0 bridgehead atoms. The molecular formula is C15H21N5. The molecular weight excluding hydrogens is 250 g/mol. The normalized spacial score (nSPS) is 10.4. The van der Waals surface area contributed by atoms with E-state index in [0.29, 0.717) is 5.82 Å². The maximum Gasteiger partial charge on any atom is 0.139 e. The second-order valence-corrected chi connectivity index (χ2v) is 4.89. The molecule has 0 amide bonds. The number of anilines is 4. The number of hydrogen-bond donors (Lipinski definition) is 2. The lowest BCUT2D eigenvalue weighted by Gasteiger charge is -2.19. The van der Waals surface area contributed by atoms with Gasteiger partial charge in [-0.3, -0.25) is 0 Å². The van der Waals surface area contributed by atoms with Crippen LogP contribution in [0, 0.1) is 6.92 Å². The molecule has 0 saturated heterocycles. The van der Waals surface area contributed by atoms with Crippen molar-refractivity contribution >= 4 is 23.0 Å². The number of benzene rings is 1. The summed E-state index contributed by atoms with van der Waals surface area (Å²) in [4.78, 5) is 10.9. The summed E-state index contributed by atoms with van der Waals surface area (Å²) in [6.07, 6.45) is 0.758. The molecule has 0 aliphatic carbocycles. The van der Waals surface area contributed by atoms with Gasteiger partial charge in [-0.2, -0.15) is 0 Å². The Bertz CT molecular complexity index is 607. The zero-order valence-electron chi connectivity index (χ0n) is 12.4. The Kier molecular flexibility index (Phi) is 4.08. The van der Waals surface area contributed by atoms with Crippen molar-refractivity contribution in [1.82, 2.24) is 9.97 Å². The van der Waals surface area contributed by atoms with E-state index in [-0.39, 0.29) is 0 Å². The van der Waals surface area contributed by atoms with E-state index < -0.39 is 0 Å². The van der Waals surface area contributed by atoms with Gasteiger partial charge in [0.2, 0.25) is 0 Å². The molecule has 0 saturated carbocycles. The Balaban J connectivity index is 2.42. The average Bonchev–Trinajstić information content (AvgIpc) is 2.44. The van der Waals surface area contributed by atoms with Gasteiger partial charge in [0, 0.05) is 26.1 Å². The second kappa shape index (κ2) is 5.77. The number of para-hydroxylation sites is 2. The van der Waals surface area contributed by atoms with Crippen LogP contribution in [0.4, 0.5) is 23.0 Å². The lowest BCUT2D eigenvalue weighted by Crippen LogP contribution is -2.12. The summed E-state index contributed by atoms with van der Waals surface area (Å²) in [5.41, 5.74) is 8.92. The van der Waals surface area contributed by atoms with Gasteiger partial charge in [-0.1, -0.05) is 19.1 Å². The van der Waals surface area contributed by atoms with Crippen LogP contribution in [-0.2, 0) is 6.42 Å². The molecule has 1 heterocycles. The van der Waals surface area contributed by atoms with Crippen LogP contribution in [0.25, 0.3) is 0 Å². The fourth-order valence-corrected chi connectivity index (χ4v) is 1.96. The predicted octanol–water partition coefficient (Wildman–Crippen LogP) is 2.74. The van der Waals surface area contributed by atoms with E-state index in [1.165, 1.54) is 0 Å². The van der Waals surface area contributed by atoms with E-state index >= 15 is 0 Å². The molecule has 0 radical (unpaired) electrons. The number of aromatic nitrogens is 2. The lowest BCUT2D eigenvalue weighted by atomic mass is 10.2. The van der Waals surface area contributed by atoms with Crippen molar-refractivity contribution in [1.29, 1.82) is 0 Å². The molecule has 106 valence electrons. The summed E-state index contributed by atoms with van der Waals surface area (Å²) in [7, 11) is 4.03. The average molecular weight is 271 g/mol. The van der Waals surface area contributed by atoms with Gasteiger partial charge in [0.1, 0.15) is 17.5 Å².